The number of hydrogen-bond donors (Lipinski definition) is 2. The standard InChI is InChI=1S/C14H21N5O3/c1-14(2)7-19(6-5-8(14)22-4)12-15-9-10(16-12)18(3)13(21)17-11(9)20/h8H,5-7H2,1-4H3,(H,15,16)(H,17,20,21). The number of aromatic amines is 2. The van der Waals surface area contributed by atoms with Crippen molar-refractivity contribution in [2.75, 3.05) is 25.1 Å². The Morgan fingerprint density at radius 1 is 1.32 bits per heavy atom. The molecule has 8 heteroatoms. The van der Waals surface area contributed by atoms with E-state index in [1.54, 1.807) is 14.2 Å². The molecule has 2 aromatic heterocycles. The Balaban J connectivity index is 2.02. The van der Waals surface area contributed by atoms with E-state index in [4.69, 9.17) is 4.74 Å². The largest absolute Gasteiger partial charge is 0.381 e. The van der Waals surface area contributed by atoms with Crippen molar-refractivity contribution in [1.29, 1.82) is 0 Å². The molecule has 0 spiro atoms. The van der Waals surface area contributed by atoms with E-state index in [2.05, 4.69) is 33.7 Å². The lowest BCUT2D eigenvalue weighted by atomic mass is 9.81. The van der Waals surface area contributed by atoms with Crippen LogP contribution in [0.2, 0.25) is 0 Å². The van der Waals surface area contributed by atoms with Crippen LogP contribution in [0.4, 0.5) is 5.95 Å². The van der Waals surface area contributed by atoms with Gasteiger partial charge < -0.3 is 14.6 Å². The normalized spacial score (nSPS) is 21.5. The summed E-state index contributed by atoms with van der Waals surface area (Å²) in [7, 11) is 3.32. The fraction of sp³-hybridized carbons (Fsp3) is 0.643. The lowest BCUT2D eigenvalue weighted by Gasteiger charge is -2.43. The van der Waals surface area contributed by atoms with Crippen LogP contribution in [0.5, 0.6) is 0 Å². The lowest BCUT2D eigenvalue weighted by Crippen LogP contribution is -2.49. The maximum atomic E-state index is 11.9. The predicted molar refractivity (Wildman–Crippen MR) is 83.4 cm³/mol. The molecule has 120 valence electrons. The number of anilines is 1. The molecule has 0 amide bonds. The van der Waals surface area contributed by atoms with Gasteiger partial charge in [-0.15, -0.1) is 0 Å². The van der Waals surface area contributed by atoms with E-state index in [0.29, 0.717) is 17.1 Å². The van der Waals surface area contributed by atoms with E-state index < -0.39 is 11.2 Å². The summed E-state index contributed by atoms with van der Waals surface area (Å²) in [5.74, 6) is 0.615. The highest BCUT2D eigenvalue weighted by Crippen LogP contribution is 2.33. The number of methoxy groups -OCH3 is 1. The zero-order valence-corrected chi connectivity index (χ0v) is 13.3. The molecule has 3 rings (SSSR count). The van der Waals surface area contributed by atoms with Crippen LogP contribution in [0.15, 0.2) is 9.59 Å². The van der Waals surface area contributed by atoms with Crippen molar-refractivity contribution in [3.8, 4) is 0 Å². The molecular weight excluding hydrogens is 286 g/mol. The van der Waals surface area contributed by atoms with Gasteiger partial charge in [-0.3, -0.25) is 14.3 Å². The average Bonchev–Trinajstić information content (AvgIpc) is 2.89. The smallest absolute Gasteiger partial charge is 0.329 e. The molecular formula is C14H21N5O3. The highest BCUT2D eigenvalue weighted by Gasteiger charge is 2.37. The van der Waals surface area contributed by atoms with Gasteiger partial charge in [-0.1, -0.05) is 13.8 Å². The number of nitrogens with one attached hydrogen (secondary N) is 2. The van der Waals surface area contributed by atoms with Gasteiger partial charge in [-0.2, -0.15) is 4.98 Å². The van der Waals surface area contributed by atoms with E-state index >= 15 is 0 Å². The van der Waals surface area contributed by atoms with Crippen molar-refractivity contribution in [3.63, 3.8) is 0 Å². The van der Waals surface area contributed by atoms with Crippen LogP contribution in [0, 0.1) is 5.41 Å². The van der Waals surface area contributed by atoms with Crippen LogP contribution in [0.3, 0.4) is 0 Å². The number of aryl methyl sites for hydroxylation is 1. The molecule has 1 unspecified atom stereocenters. The number of hydrogen-bond acceptors (Lipinski definition) is 5. The van der Waals surface area contributed by atoms with Crippen LogP contribution in [0.1, 0.15) is 20.3 Å². The maximum Gasteiger partial charge on any atom is 0.329 e. The summed E-state index contributed by atoms with van der Waals surface area (Å²) in [6, 6.07) is 0. The van der Waals surface area contributed by atoms with Gasteiger partial charge in [0.05, 0.1) is 6.10 Å². The van der Waals surface area contributed by atoms with Gasteiger partial charge in [0.25, 0.3) is 5.56 Å². The van der Waals surface area contributed by atoms with Crippen molar-refractivity contribution < 1.29 is 4.74 Å². The van der Waals surface area contributed by atoms with Crippen molar-refractivity contribution in [2.24, 2.45) is 12.5 Å². The quantitative estimate of drug-likeness (QED) is 0.826. The molecule has 1 aliphatic heterocycles. The van der Waals surface area contributed by atoms with Gasteiger partial charge in [0, 0.05) is 32.7 Å². The van der Waals surface area contributed by atoms with E-state index in [-0.39, 0.29) is 11.5 Å². The molecule has 0 bridgehead atoms. The summed E-state index contributed by atoms with van der Waals surface area (Å²) in [5, 5.41) is 0. The molecule has 1 saturated heterocycles. The second-order valence-electron chi connectivity index (χ2n) is 6.50. The molecule has 3 heterocycles. The molecule has 1 aliphatic rings. The third-order valence-electron chi connectivity index (χ3n) is 4.46. The predicted octanol–water partition coefficient (Wildman–Crippen LogP) is 0.201. The molecule has 0 aliphatic carbocycles. The highest BCUT2D eigenvalue weighted by atomic mass is 16.5. The van der Waals surface area contributed by atoms with E-state index in [1.165, 1.54) is 4.57 Å². The molecule has 2 aromatic rings. The van der Waals surface area contributed by atoms with Gasteiger partial charge in [-0.25, -0.2) is 4.79 Å². The number of fused-ring (bicyclic) bond motifs is 1. The Kier molecular flexibility index (Phi) is 3.36. The van der Waals surface area contributed by atoms with Crippen molar-refractivity contribution in [1.82, 2.24) is 19.5 Å². The van der Waals surface area contributed by atoms with Gasteiger partial charge >= 0.3 is 5.69 Å². The lowest BCUT2D eigenvalue weighted by molar-refractivity contribution is -0.00655. The molecule has 22 heavy (non-hydrogen) atoms. The second-order valence-corrected chi connectivity index (χ2v) is 6.50. The Hall–Kier alpha value is -2.09. The van der Waals surface area contributed by atoms with Gasteiger partial charge in [0.1, 0.15) is 0 Å². The first kappa shape index (κ1) is 14.8. The van der Waals surface area contributed by atoms with Crippen molar-refractivity contribution in [3.05, 3.63) is 20.8 Å². The number of aromatic nitrogens is 4. The van der Waals surface area contributed by atoms with Crippen LogP contribution in [-0.2, 0) is 11.8 Å². The average molecular weight is 307 g/mol. The van der Waals surface area contributed by atoms with Gasteiger partial charge in [-0.05, 0) is 6.42 Å². The first-order valence-electron chi connectivity index (χ1n) is 7.30. The minimum atomic E-state index is -0.464. The topological polar surface area (TPSA) is 96.0 Å². The van der Waals surface area contributed by atoms with E-state index in [1.807, 2.05) is 0 Å². The summed E-state index contributed by atoms with van der Waals surface area (Å²) in [5.41, 5.74) is -0.236. The Morgan fingerprint density at radius 2 is 2.05 bits per heavy atom. The minimum absolute atomic E-state index is 0.0235. The van der Waals surface area contributed by atoms with Crippen LogP contribution in [0.25, 0.3) is 11.2 Å². The molecule has 8 nitrogen and oxygen atoms in total. The van der Waals surface area contributed by atoms with Crippen LogP contribution < -0.4 is 16.1 Å². The summed E-state index contributed by atoms with van der Waals surface area (Å²) in [4.78, 5) is 35.4. The first-order valence-corrected chi connectivity index (χ1v) is 7.30. The summed E-state index contributed by atoms with van der Waals surface area (Å²) >= 11 is 0. The highest BCUT2D eigenvalue weighted by molar-refractivity contribution is 5.72. The zero-order chi connectivity index (χ0) is 16.1. The van der Waals surface area contributed by atoms with Crippen molar-refractivity contribution in [2.45, 2.75) is 26.4 Å². The number of imidazole rings is 1. The zero-order valence-electron chi connectivity index (χ0n) is 13.3. The number of piperidine rings is 1. The number of nitrogens with zero attached hydrogens (tertiary/aromatic N) is 3. The SMILES string of the molecule is COC1CCN(c2nc3c([nH]2)c(=O)[nH]c(=O)n3C)CC1(C)C. The molecule has 0 radical (unpaired) electrons. The van der Waals surface area contributed by atoms with Crippen molar-refractivity contribution >= 4 is 17.1 Å². The van der Waals surface area contributed by atoms with E-state index in [9.17, 15) is 9.59 Å². The third kappa shape index (κ3) is 2.23. The summed E-state index contributed by atoms with van der Waals surface area (Å²) < 4.78 is 6.88. The fourth-order valence-electron chi connectivity index (χ4n) is 3.20. The first-order chi connectivity index (χ1) is 10.3. The van der Waals surface area contributed by atoms with Gasteiger partial charge in [0.2, 0.25) is 5.95 Å². The number of rotatable bonds is 2. The monoisotopic (exact) mass is 307 g/mol. The third-order valence-corrected chi connectivity index (χ3v) is 4.46. The van der Waals surface area contributed by atoms with Crippen LogP contribution in [-0.4, -0.2) is 45.8 Å². The maximum absolute atomic E-state index is 11.9. The van der Waals surface area contributed by atoms with Gasteiger partial charge in [0.15, 0.2) is 11.2 Å². The Morgan fingerprint density at radius 3 is 2.68 bits per heavy atom. The minimum Gasteiger partial charge on any atom is -0.381 e. The van der Waals surface area contributed by atoms with Crippen LogP contribution >= 0.6 is 0 Å². The number of ether oxygens (including phenoxy) is 1. The summed E-state index contributed by atoms with van der Waals surface area (Å²) in [6.45, 7) is 5.85. The molecule has 1 fully saturated rings. The number of H-pyrrole nitrogens is 2. The molecule has 2 N–H and O–H groups in total. The fourth-order valence-corrected chi connectivity index (χ4v) is 3.20. The Bertz CT molecular complexity index is 816. The molecule has 1 atom stereocenters. The molecule has 0 aromatic carbocycles. The Labute approximate surface area is 127 Å². The van der Waals surface area contributed by atoms with E-state index in [0.717, 1.165) is 19.5 Å². The second kappa shape index (κ2) is 4.98. The molecule has 0 saturated carbocycles. The summed E-state index contributed by atoms with van der Waals surface area (Å²) in [6.07, 6.45) is 1.08.